The highest BCUT2D eigenvalue weighted by Gasteiger charge is 2.13. The van der Waals surface area contributed by atoms with Gasteiger partial charge in [0.2, 0.25) is 11.1 Å². The number of ether oxygens (including phenoxy) is 1. The number of hydrogen-bond acceptors (Lipinski definition) is 6. The molecule has 0 fully saturated rings. The monoisotopic (exact) mass is 406 g/mol. The molecule has 7 nitrogen and oxygen atoms in total. The van der Waals surface area contributed by atoms with E-state index in [0.717, 1.165) is 5.56 Å². The first-order valence-electron chi connectivity index (χ1n) is 8.27. The number of nitrogens with one attached hydrogen (secondary N) is 2. The van der Waals surface area contributed by atoms with Gasteiger partial charge in [-0.3, -0.25) is 9.89 Å². The van der Waals surface area contributed by atoms with Gasteiger partial charge in [-0.2, -0.15) is 0 Å². The Kier molecular flexibility index (Phi) is 6.41. The lowest BCUT2D eigenvalue weighted by molar-refractivity contribution is -0.119. The van der Waals surface area contributed by atoms with Gasteiger partial charge >= 0.3 is 0 Å². The molecule has 0 unspecified atom stereocenters. The average molecular weight is 407 g/mol. The molecule has 0 aliphatic heterocycles. The lowest BCUT2D eigenvalue weighted by Gasteiger charge is -2.10. The summed E-state index contributed by atoms with van der Waals surface area (Å²) >= 11 is 7.24. The molecule has 9 heteroatoms. The van der Waals surface area contributed by atoms with Crippen molar-refractivity contribution < 1.29 is 13.9 Å². The van der Waals surface area contributed by atoms with E-state index in [1.165, 1.54) is 11.8 Å². The van der Waals surface area contributed by atoms with Crippen LogP contribution in [0.3, 0.4) is 0 Å². The largest absolute Gasteiger partial charge is 0.486 e. The van der Waals surface area contributed by atoms with E-state index in [9.17, 15) is 4.79 Å². The van der Waals surface area contributed by atoms with Gasteiger partial charge < -0.3 is 14.5 Å². The number of carbonyl (C=O) groups is 1. The molecule has 1 atom stereocenters. The number of carbonyl (C=O) groups excluding carboxylic acids is 1. The molecule has 0 saturated carbocycles. The fraction of sp³-hybridized carbons (Fsp3) is 0.278. The summed E-state index contributed by atoms with van der Waals surface area (Å²) in [7, 11) is 0. The van der Waals surface area contributed by atoms with Crippen molar-refractivity contribution >= 4 is 29.3 Å². The number of thioether (sulfide) groups is 1. The van der Waals surface area contributed by atoms with Crippen molar-refractivity contribution in [1.82, 2.24) is 20.5 Å². The summed E-state index contributed by atoms with van der Waals surface area (Å²) in [6.07, 6.45) is 1.58. The number of amides is 1. The maximum absolute atomic E-state index is 12.0. The fourth-order valence-electron chi connectivity index (χ4n) is 2.29. The summed E-state index contributed by atoms with van der Waals surface area (Å²) in [4.78, 5) is 16.3. The molecule has 0 aliphatic rings. The quantitative estimate of drug-likeness (QED) is 0.551. The summed E-state index contributed by atoms with van der Waals surface area (Å²) in [6.45, 7) is 4.02. The van der Waals surface area contributed by atoms with Crippen LogP contribution in [-0.4, -0.2) is 26.8 Å². The molecule has 0 spiro atoms. The van der Waals surface area contributed by atoms with Crippen LogP contribution in [0.2, 0.25) is 5.02 Å². The van der Waals surface area contributed by atoms with Crippen LogP contribution >= 0.6 is 23.4 Å². The Bertz CT molecular complexity index is 898. The third-order valence-corrected chi connectivity index (χ3v) is 4.97. The molecule has 1 aromatic carbocycles. The standard InChI is InChI=1S/C18H19ClN4O3S/c1-11-8-13(5-6-14(11)19)26-9-16-21-18(23-22-16)27-10-17(24)20-12(2)15-4-3-7-25-15/h3-8,12H,9-10H2,1-2H3,(H,20,24)(H,21,22,23)/t12-/m1/s1. The van der Waals surface area contributed by atoms with Crippen molar-refractivity contribution in [1.29, 1.82) is 0 Å². The highest BCUT2D eigenvalue weighted by Crippen LogP contribution is 2.22. The van der Waals surface area contributed by atoms with Gasteiger partial charge in [0, 0.05) is 5.02 Å². The molecule has 142 valence electrons. The van der Waals surface area contributed by atoms with Crippen molar-refractivity contribution in [3.8, 4) is 5.75 Å². The minimum atomic E-state index is -0.188. The summed E-state index contributed by atoms with van der Waals surface area (Å²) in [5.74, 6) is 2.08. The topological polar surface area (TPSA) is 93.0 Å². The van der Waals surface area contributed by atoms with Crippen molar-refractivity contribution in [3.05, 3.63) is 58.8 Å². The second-order valence-electron chi connectivity index (χ2n) is 5.86. The lowest BCUT2D eigenvalue weighted by Crippen LogP contribution is -2.27. The Labute approximate surface area is 165 Å². The van der Waals surface area contributed by atoms with Gasteiger partial charge in [-0.1, -0.05) is 23.4 Å². The van der Waals surface area contributed by atoms with E-state index in [-0.39, 0.29) is 24.3 Å². The number of halogens is 1. The zero-order chi connectivity index (χ0) is 19.2. The van der Waals surface area contributed by atoms with Crippen LogP contribution in [0.5, 0.6) is 5.75 Å². The van der Waals surface area contributed by atoms with Gasteiger partial charge in [0.1, 0.15) is 18.1 Å². The molecule has 0 radical (unpaired) electrons. The number of H-pyrrole nitrogens is 1. The minimum absolute atomic E-state index is 0.122. The molecule has 0 bridgehead atoms. The number of hydrogen-bond donors (Lipinski definition) is 2. The van der Waals surface area contributed by atoms with Gasteiger partial charge in [0.25, 0.3) is 0 Å². The van der Waals surface area contributed by atoms with Gasteiger partial charge in [-0.05, 0) is 49.7 Å². The Balaban J connectivity index is 1.44. The fourth-order valence-corrected chi connectivity index (χ4v) is 3.03. The van der Waals surface area contributed by atoms with Gasteiger partial charge in [0.15, 0.2) is 5.82 Å². The van der Waals surface area contributed by atoms with Crippen LogP contribution in [0, 0.1) is 6.92 Å². The molecule has 1 amide bonds. The third kappa shape index (κ3) is 5.51. The Morgan fingerprint density at radius 3 is 3.04 bits per heavy atom. The molecule has 3 rings (SSSR count). The lowest BCUT2D eigenvalue weighted by atomic mass is 10.2. The molecule has 2 heterocycles. The molecule has 3 aromatic rings. The Morgan fingerprint density at radius 1 is 1.44 bits per heavy atom. The first kappa shape index (κ1) is 19.3. The van der Waals surface area contributed by atoms with E-state index >= 15 is 0 Å². The van der Waals surface area contributed by atoms with Crippen LogP contribution in [0.15, 0.2) is 46.2 Å². The normalized spacial score (nSPS) is 12.0. The van der Waals surface area contributed by atoms with Crippen LogP contribution < -0.4 is 10.1 Å². The smallest absolute Gasteiger partial charge is 0.231 e. The third-order valence-electron chi connectivity index (χ3n) is 3.70. The second-order valence-corrected chi connectivity index (χ2v) is 7.21. The van der Waals surface area contributed by atoms with Gasteiger partial charge in [-0.15, -0.1) is 5.10 Å². The summed E-state index contributed by atoms with van der Waals surface area (Å²) < 4.78 is 10.9. The van der Waals surface area contributed by atoms with Crippen LogP contribution in [-0.2, 0) is 11.4 Å². The predicted molar refractivity (Wildman–Crippen MR) is 103 cm³/mol. The number of aromatic nitrogens is 3. The van der Waals surface area contributed by atoms with E-state index < -0.39 is 0 Å². The molecule has 27 heavy (non-hydrogen) atoms. The molecular formula is C18H19ClN4O3S. The van der Waals surface area contributed by atoms with Gasteiger partial charge in [-0.25, -0.2) is 4.98 Å². The van der Waals surface area contributed by atoms with Crippen molar-refractivity contribution in [2.24, 2.45) is 0 Å². The maximum Gasteiger partial charge on any atom is 0.231 e. The molecule has 0 aliphatic carbocycles. The Hall–Kier alpha value is -2.45. The van der Waals surface area contributed by atoms with Crippen molar-refractivity contribution in [3.63, 3.8) is 0 Å². The second kappa shape index (κ2) is 8.96. The highest BCUT2D eigenvalue weighted by molar-refractivity contribution is 7.99. The highest BCUT2D eigenvalue weighted by atomic mass is 35.5. The van der Waals surface area contributed by atoms with E-state index in [1.807, 2.05) is 26.0 Å². The van der Waals surface area contributed by atoms with Crippen LogP contribution in [0.4, 0.5) is 0 Å². The minimum Gasteiger partial charge on any atom is -0.486 e. The Morgan fingerprint density at radius 2 is 2.30 bits per heavy atom. The number of aryl methyl sites for hydroxylation is 1. The van der Waals surface area contributed by atoms with Crippen molar-refractivity contribution in [2.75, 3.05) is 5.75 Å². The molecular weight excluding hydrogens is 388 g/mol. The van der Waals surface area contributed by atoms with Crippen LogP contribution in [0.1, 0.15) is 30.1 Å². The average Bonchev–Trinajstić information content (AvgIpc) is 3.33. The van der Waals surface area contributed by atoms with Crippen LogP contribution in [0.25, 0.3) is 0 Å². The number of benzene rings is 1. The number of nitrogens with zero attached hydrogens (tertiary/aromatic N) is 2. The van der Waals surface area contributed by atoms with Gasteiger partial charge in [0.05, 0.1) is 18.1 Å². The number of rotatable bonds is 8. The summed E-state index contributed by atoms with van der Waals surface area (Å²) in [5.41, 5.74) is 0.942. The summed E-state index contributed by atoms with van der Waals surface area (Å²) in [5, 5.41) is 10.9. The first-order chi connectivity index (χ1) is 13.0. The molecule has 2 aromatic heterocycles. The number of furan rings is 1. The molecule has 0 saturated heterocycles. The van der Waals surface area contributed by atoms with E-state index in [2.05, 4.69) is 20.5 Å². The van der Waals surface area contributed by atoms with E-state index in [0.29, 0.717) is 27.5 Å². The van der Waals surface area contributed by atoms with E-state index in [4.69, 9.17) is 20.8 Å². The first-order valence-corrected chi connectivity index (χ1v) is 9.63. The zero-order valence-electron chi connectivity index (χ0n) is 14.9. The van der Waals surface area contributed by atoms with Crippen molar-refractivity contribution in [2.45, 2.75) is 31.7 Å². The van der Waals surface area contributed by atoms with E-state index in [1.54, 1.807) is 24.5 Å². The molecule has 2 N–H and O–H groups in total. The predicted octanol–water partition coefficient (Wildman–Crippen LogP) is 3.91. The summed E-state index contributed by atoms with van der Waals surface area (Å²) in [6, 6.07) is 8.87. The number of aromatic amines is 1. The SMILES string of the molecule is Cc1cc(OCc2nc(SCC(=O)N[C@H](C)c3ccco3)n[nH]2)ccc1Cl. The zero-order valence-corrected chi connectivity index (χ0v) is 16.4. The maximum atomic E-state index is 12.0.